The number of esters is 1. The molecule has 8 heteroatoms. The van der Waals surface area contributed by atoms with Gasteiger partial charge in [0.1, 0.15) is 17.0 Å². The standard InChI is InChI=1S/C20H24N2O5S/c1-3-27-19(23)14-13-18(22(24)25)20(16-7-5-4-6-8-16)21-28(26)17-11-9-15(2)10-12-17/h4-12,18,20-21H,3,13-14H2,1-2H3/t18-,20+,28+/m1/s1. The molecular formula is C20H24N2O5S. The highest BCUT2D eigenvalue weighted by atomic mass is 32.2. The summed E-state index contributed by atoms with van der Waals surface area (Å²) in [6, 6.07) is 14.0. The van der Waals surface area contributed by atoms with Gasteiger partial charge in [-0.25, -0.2) is 8.93 Å². The number of benzene rings is 2. The summed E-state index contributed by atoms with van der Waals surface area (Å²) in [5.41, 5.74) is 1.66. The molecule has 2 rings (SSSR count). The number of carbonyl (C=O) groups is 1. The summed E-state index contributed by atoms with van der Waals surface area (Å²) in [5, 5.41) is 11.8. The van der Waals surface area contributed by atoms with Gasteiger partial charge >= 0.3 is 5.97 Å². The van der Waals surface area contributed by atoms with Crippen molar-refractivity contribution < 1.29 is 18.7 Å². The summed E-state index contributed by atoms with van der Waals surface area (Å²) >= 11 is 0. The fraction of sp³-hybridized carbons (Fsp3) is 0.350. The Morgan fingerprint density at radius 1 is 1.18 bits per heavy atom. The SMILES string of the molecule is CCOC(=O)CC[C@H]([C@@H](N[S@@](=O)c1ccc(C)cc1)c1ccccc1)[N+](=O)[O-]. The second-order valence-corrected chi connectivity index (χ2v) is 7.53. The Labute approximate surface area is 166 Å². The minimum absolute atomic E-state index is 0.0243. The Morgan fingerprint density at radius 2 is 1.82 bits per heavy atom. The lowest BCUT2D eigenvalue weighted by Crippen LogP contribution is -2.38. The van der Waals surface area contributed by atoms with Crippen LogP contribution in [0.2, 0.25) is 0 Å². The lowest BCUT2D eigenvalue weighted by Gasteiger charge is -2.22. The van der Waals surface area contributed by atoms with Gasteiger partial charge < -0.3 is 4.74 Å². The largest absolute Gasteiger partial charge is 0.466 e. The quantitative estimate of drug-likeness (QED) is 0.372. The van der Waals surface area contributed by atoms with E-state index in [0.717, 1.165) is 5.56 Å². The minimum atomic E-state index is -1.65. The summed E-state index contributed by atoms with van der Waals surface area (Å²) in [5.74, 6) is -0.485. The zero-order valence-corrected chi connectivity index (χ0v) is 16.7. The predicted octanol–water partition coefficient (Wildman–Crippen LogP) is 3.34. The van der Waals surface area contributed by atoms with Crippen molar-refractivity contribution in [3.63, 3.8) is 0 Å². The molecule has 2 aromatic carbocycles. The van der Waals surface area contributed by atoms with Gasteiger partial charge in [-0.3, -0.25) is 14.9 Å². The second-order valence-electron chi connectivity index (χ2n) is 6.28. The minimum Gasteiger partial charge on any atom is -0.466 e. The van der Waals surface area contributed by atoms with E-state index in [-0.39, 0.29) is 19.4 Å². The number of rotatable bonds is 10. The van der Waals surface area contributed by atoms with Crippen LogP contribution in [-0.4, -0.2) is 27.8 Å². The Kier molecular flexibility index (Phi) is 8.28. The molecule has 150 valence electrons. The van der Waals surface area contributed by atoms with Crippen LogP contribution in [0.3, 0.4) is 0 Å². The van der Waals surface area contributed by atoms with Gasteiger partial charge in [0.2, 0.25) is 6.04 Å². The molecule has 0 aromatic heterocycles. The maximum Gasteiger partial charge on any atom is 0.306 e. The van der Waals surface area contributed by atoms with Crippen molar-refractivity contribution in [3.05, 3.63) is 75.8 Å². The number of aryl methyl sites for hydroxylation is 1. The van der Waals surface area contributed by atoms with Crippen LogP contribution in [0.5, 0.6) is 0 Å². The molecule has 1 N–H and O–H groups in total. The van der Waals surface area contributed by atoms with Crippen LogP contribution in [0.1, 0.15) is 36.9 Å². The molecule has 0 radical (unpaired) electrons. The zero-order valence-electron chi connectivity index (χ0n) is 15.9. The van der Waals surface area contributed by atoms with E-state index in [0.29, 0.717) is 10.5 Å². The topological polar surface area (TPSA) is 98.5 Å². The first-order valence-corrected chi connectivity index (χ1v) is 10.2. The van der Waals surface area contributed by atoms with E-state index in [1.807, 2.05) is 19.1 Å². The van der Waals surface area contributed by atoms with Gasteiger partial charge in [-0.2, -0.15) is 0 Å². The molecule has 0 aliphatic heterocycles. The van der Waals surface area contributed by atoms with Crippen LogP contribution in [0.15, 0.2) is 59.5 Å². The number of ether oxygens (including phenoxy) is 1. The van der Waals surface area contributed by atoms with Crippen molar-refractivity contribution in [2.75, 3.05) is 6.61 Å². The van der Waals surface area contributed by atoms with E-state index in [9.17, 15) is 19.1 Å². The fourth-order valence-corrected chi connectivity index (χ4v) is 3.81. The highest BCUT2D eigenvalue weighted by Gasteiger charge is 2.34. The number of hydrogen-bond donors (Lipinski definition) is 1. The molecule has 28 heavy (non-hydrogen) atoms. The Bertz CT molecular complexity index is 811. The van der Waals surface area contributed by atoms with Crippen LogP contribution in [0.25, 0.3) is 0 Å². The molecule has 2 aromatic rings. The molecule has 0 fully saturated rings. The maximum absolute atomic E-state index is 12.8. The molecular weight excluding hydrogens is 380 g/mol. The van der Waals surface area contributed by atoms with Crippen LogP contribution in [0.4, 0.5) is 0 Å². The summed E-state index contributed by atoms with van der Waals surface area (Å²) in [6.45, 7) is 3.83. The van der Waals surface area contributed by atoms with Crippen LogP contribution < -0.4 is 4.72 Å². The van der Waals surface area contributed by atoms with Crippen molar-refractivity contribution >= 4 is 17.0 Å². The van der Waals surface area contributed by atoms with Gasteiger partial charge in [-0.05, 0) is 31.5 Å². The molecule has 0 bridgehead atoms. The van der Waals surface area contributed by atoms with Gasteiger partial charge in [-0.15, -0.1) is 0 Å². The number of nitro groups is 1. The second kappa shape index (κ2) is 10.7. The molecule has 3 atom stereocenters. The Hall–Kier alpha value is -2.58. The van der Waals surface area contributed by atoms with E-state index in [1.54, 1.807) is 49.4 Å². The number of hydrogen-bond acceptors (Lipinski definition) is 5. The predicted molar refractivity (Wildman–Crippen MR) is 107 cm³/mol. The smallest absolute Gasteiger partial charge is 0.306 e. The summed E-state index contributed by atoms with van der Waals surface area (Å²) in [6.07, 6.45) is -0.106. The Balaban J connectivity index is 2.26. The van der Waals surface area contributed by atoms with Crippen molar-refractivity contribution in [2.24, 2.45) is 0 Å². The molecule has 0 amide bonds. The van der Waals surface area contributed by atoms with E-state index in [4.69, 9.17) is 4.74 Å². The van der Waals surface area contributed by atoms with Crippen LogP contribution >= 0.6 is 0 Å². The van der Waals surface area contributed by atoms with Gasteiger partial charge in [0.15, 0.2) is 0 Å². The van der Waals surface area contributed by atoms with E-state index in [2.05, 4.69) is 4.72 Å². The van der Waals surface area contributed by atoms with Crippen LogP contribution in [-0.2, 0) is 20.5 Å². The first kappa shape index (κ1) is 21.7. The lowest BCUT2D eigenvalue weighted by atomic mass is 9.97. The van der Waals surface area contributed by atoms with Crippen molar-refractivity contribution in [1.82, 2.24) is 4.72 Å². The molecule has 0 aliphatic carbocycles. The highest BCUT2D eigenvalue weighted by Crippen LogP contribution is 2.24. The van der Waals surface area contributed by atoms with Crippen LogP contribution in [0, 0.1) is 17.0 Å². The third-order valence-electron chi connectivity index (χ3n) is 4.23. The third-order valence-corrected chi connectivity index (χ3v) is 5.40. The molecule has 0 unspecified atom stereocenters. The monoisotopic (exact) mass is 404 g/mol. The number of nitrogens with zero attached hydrogens (tertiary/aromatic N) is 1. The van der Waals surface area contributed by atoms with Crippen molar-refractivity contribution in [3.8, 4) is 0 Å². The van der Waals surface area contributed by atoms with Crippen molar-refractivity contribution in [1.29, 1.82) is 0 Å². The first-order valence-electron chi connectivity index (χ1n) is 9.01. The van der Waals surface area contributed by atoms with Gasteiger partial charge in [-0.1, -0.05) is 48.0 Å². The highest BCUT2D eigenvalue weighted by molar-refractivity contribution is 7.83. The number of nitrogens with one attached hydrogen (secondary N) is 1. The zero-order chi connectivity index (χ0) is 20.5. The maximum atomic E-state index is 12.8. The number of carbonyl (C=O) groups excluding carboxylic acids is 1. The fourth-order valence-electron chi connectivity index (χ4n) is 2.77. The molecule has 0 spiro atoms. The first-order chi connectivity index (χ1) is 13.4. The summed E-state index contributed by atoms with van der Waals surface area (Å²) in [4.78, 5) is 23.5. The van der Waals surface area contributed by atoms with E-state index >= 15 is 0 Å². The lowest BCUT2D eigenvalue weighted by molar-refractivity contribution is -0.528. The van der Waals surface area contributed by atoms with Crippen molar-refractivity contribution in [2.45, 2.75) is 43.7 Å². The molecule has 0 aliphatic rings. The van der Waals surface area contributed by atoms with Gasteiger partial charge in [0.25, 0.3) is 0 Å². The third kappa shape index (κ3) is 6.24. The molecule has 0 saturated heterocycles. The summed E-state index contributed by atoms with van der Waals surface area (Å²) in [7, 11) is -1.65. The molecule has 0 heterocycles. The average Bonchev–Trinajstić information content (AvgIpc) is 2.68. The van der Waals surface area contributed by atoms with E-state index < -0.39 is 34.0 Å². The van der Waals surface area contributed by atoms with Gasteiger partial charge in [0.05, 0.1) is 17.9 Å². The average molecular weight is 404 g/mol. The Morgan fingerprint density at radius 3 is 2.39 bits per heavy atom. The van der Waals surface area contributed by atoms with E-state index in [1.165, 1.54) is 0 Å². The molecule has 7 nitrogen and oxygen atoms in total. The molecule has 0 saturated carbocycles. The normalized spacial score (nSPS) is 14.1. The van der Waals surface area contributed by atoms with Gasteiger partial charge in [0, 0.05) is 11.3 Å². The summed E-state index contributed by atoms with van der Waals surface area (Å²) < 4.78 is 20.6.